The van der Waals surface area contributed by atoms with E-state index >= 15 is 0 Å². The van der Waals surface area contributed by atoms with Crippen molar-refractivity contribution in [3.05, 3.63) is 34.6 Å². The van der Waals surface area contributed by atoms with Crippen LogP contribution in [0.3, 0.4) is 0 Å². The standard InChI is InChI=1S/C17H26ClFN2/c1-3-21(4-2)17(9-5-6-10-17)16(20)12-13-7-8-14(18)15(19)11-13/h7-8,11,16H,3-6,9-10,12,20H2,1-2H3. The molecule has 0 aromatic heterocycles. The van der Waals surface area contributed by atoms with Gasteiger partial charge in [0.05, 0.1) is 5.02 Å². The first-order valence-corrected chi connectivity index (χ1v) is 8.36. The zero-order valence-corrected chi connectivity index (χ0v) is 13.8. The van der Waals surface area contributed by atoms with Gasteiger partial charge in [0.1, 0.15) is 5.82 Å². The summed E-state index contributed by atoms with van der Waals surface area (Å²) in [5, 5.41) is 0.173. The molecule has 0 aliphatic heterocycles. The van der Waals surface area contributed by atoms with E-state index in [0.29, 0.717) is 6.42 Å². The number of likely N-dealkylation sites (N-methyl/N-ethyl adjacent to an activating group) is 1. The summed E-state index contributed by atoms with van der Waals surface area (Å²) in [5.74, 6) is -0.357. The largest absolute Gasteiger partial charge is 0.326 e. The number of hydrogen-bond donors (Lipinski definition) is 1. The molecule has 1 aliphatic rings. The fourth-order valence-corrected chi connectivity index (χ4v) is 3.99. The Kier molecular flexibility index (Phi) is 5.64. The van der Waals surface area contributed by atoms with Crippen molar-refractivity contribution >= 4 is 11.6 Å². The Balaban J connectivity index is 2.18. The van der Waals surface area contributed by atoms with Crippen LogP contribution in [-0.2, 0) is 6.42 Å². The highest BCUT2D eigenvalue weighted by Crippen LogP contribution is 2.38. The van der Waals surface area contributed by atoms with Gasteiger partial charge in [-0.25, -0.2) is 4.39 Å². The van der Waals surface area contributed by atoms with Crippen LogP contribution in [0.5, 0.6) is 0 Å². The average Bonchev–Trinajstić information content (AvgIpc) is 2.95. The van der Waals surface area contributed by atoms with E-state index in [2.05, 4.69) is 18.7 Å². The van der Waals surface area contributed by atoms with Crippen LogP contribution < -0.4 is 5.73 Å². The van der Waals surface area contributed by atoms with Crippen LogP contribution in [0.4, 0.5) is 4.39 Å². The minimum atomic E-state index is -0.357. The number of nitrogens with two attached hydrogens (primary N) is 1. The van der Waals surface area contributed by atoms with E-state index < -0.39 is 0 Å². The Morgan fingerprint density at radius 3 is 2.43 bits per heavy atom. The number of hydrogen-bond acceptors (Lipinski definition) is 2. The highest BCUT2D eigenvalue weighted by molar-refractivity contribution is 6.30. The lowest BCUT2D eigenvalue weighted by molar-refractivity contribution is 0.0771. The third kappa shape index (κ3) is 3.41. The second-order valence-corrected chi connectivity index (χ2v) is 6.45. The lowest BCUT2D eigenvalue weighted by atomic mass is 9.83. The van der Waals surface area contributed by atoms with Crippen LogP contribution in [0.1, 0.15) is 45.1 Å². The molecule has 0 radical (unpaired) electrons. The first-order chi connectivity index (χ1) is 10.0. The maximum atomic E-state index is 13.6. The first-order valence-electron chi connectivity index (χ1n) is 7.98. The van der Waals surface area contributed by atoms with Gasteiger partial charge in [0.2, 0.25) is 0 Å². The zero-order valence-electron chi connectivity index (χ0n) is 13.0. The molecule has 1 aliphatic carbocycles. The van der Waals surface area contributed by atoms with E-state index in [0.717, 1.165) is 31.5 Å². The quantitative estimate of drug-likeness (QED) is 0.860. The summed E-state index contributed by atoms with van der Waals surface area (Å²) >= 11 is 5.75. The molecule has 1 saturated carbocycles. The van der Waals surface area contributed by atoms with Crippen molar-refractivity contribution in [3.63, 3.8) is 0 Å². The van der Waals surface area contributed by atoms with Gasteiger partial charge in [0.25, 0.3) is 0 Å². The highest BCUT2D eigenvalue weighted by Gasteiger charge is 2.43. The molecule has 1 aromatic rings. The van der Waals surface area contributed by atoms with E-state index in [4.69, 9.17) is 17.3 Å². The smallest absolute Gasteiger partial charge is 0.142 e. The molecule has 1 unspecified atom stereocenters. The van der Waals surface area contributed by atoms with Crippen LogP contribution in [0.15, 0.2) is 18.2 Å². The van der Waals surface area contributed by atoms with Crippen molar-refractivity contribution < 1.29 is 4.39 Å². The monoisotopic (exact) mass is 312 g/mol. The molecule has 2 N–H and O–H groups in total. The summed E-state index contributed by atoms with van der Waals surface area (Å²) in [6, 6.07) is 5.06. The zero-order chi connectivity index (χ0) is 15.5. The minimum Gasteiger partial charge on any atom is -0.326 e. The topological polar surface area (TPSA) is 29.3 Å². The fraction of sp³-hybridized carbons (Fsp3) is 0.647. The summed E-state index contributed by atoms with van der Waals surface area (Å²) in [6.45, 7) is 6.41. The van der Waals surface area contributed by atoms with Crippen LogP contribution in [0.25, 0.3) is 0 Å². The molecule has 0 bridgehead atoms. The van der Waals surface area contributed by atoms with Crippen LogP contribution in [0.2, 0.25) is 5.02 Å². The van der Waals surface area contributed by atoms with Gasteiger partial charge in [-0.3, -0.25) is 4.90 Å². The van der Waals surface area contributed by atoms with Gasteiger partial charge in [-0.05, 0) is 50.0 Å². The van der Waals surface area contributed by atoms with Crippen LogP contribution in [-0.4, -0.2) is 29.6 Å². The summed E-state index contributed by atoms with van der Waals surface area (Å²) < 4.78 is 13.6. The molecule has 0 spiro atoms. The number of rotatable bonds is 6. The van der Waals surface area contributed by atoms with Gasteiger partial charge in [-0.1, -0.05) is 44.4 Å². The molecule has 4 heteroatoms. The Labute approximate surface area is 132 Å². The average molecular weight is 313 g/mol. The lowest BCUT2D eigenvalue weighted by Crippen LogP contribution is -2.59. The van der Waals surface area contributed by atoms with Crippen molar-refractivity contribution in [1.29, 1.82) is 0 Å². The molecule has 118 valence electrons. The maximum Gasteiger partial charge on any atom is 0.142 e. The van der Waals surface area contributed by atoms with E-state index in [9.17, 15) is 4.39 Å². The second kappa shape index (κ2) is 7.08. The molecule has 21 heavy (non-hydrogen) atoms. The molecule has 2 nitrogen and oxygen atoms in total. The summed E-state index contributed by atoms with van der Waals surface area (Å²) in [4.78, 5) is 2.50. The van der Waals surface area contributed by atoms with Crippen molar-refractivity contribution in [2.45, 2.75) is 57.5 Å². The minimum absolute atomic E-state index is 0.0282. The molecule has 0 amide bonds. The molecule has 1 fully saturated rings. The number of halogens is 2. The summed E-state index contributed by atoms with van der Waals surface area (Å²) in [5.41, 5.74) is 7.59. The van der Waals surface area contributed by atoms with Crippen molar-refractivity contribution in [2.75, 3.05) is 13.1 Å². The molecular formula is C17H26ClFN2. The van der Waals surface area contributed by atoms with Gasteiger partial charge in [0, 0.05) is 11.6 Å². The van der Waals surface area contributed by atoms with Gasteiger partial charge < -0.3 is 5.73 Å². The van der Waals surface area contributed by atoms with E-state index in [1.807, 2.05) is 6.07 Å². The maximum absolute atomic E-state index is 13.6. The Bertz CT molecular complexity index is 468. The lowest BCUT2D eigenvalue weighted by Gasteiger charge is -2.45. The van der Waals surface area contributed by atoms with Gasteiger partial charge in [0.15, 0.2) is 0 Å². The van der Waals surface area contributed by atoms with Gasteiger partial charge in [-0.2, -0.15) is 0 Å². The molecular weight excluding hydrogens is 287 g/mol. The molecule has 2 rings (SSSR count). The molecule has 1 aromatic carbocycles. The Morgan fingerprint density at radius 2 is 1.90 bits per heavy atom. The van der Waals surface area contributed by atoms with Crippen LogP contribution >= 0.6 is 11.6 Å². The van der Waals surface area contributed by atoms with Gasteiger partial charge in [-0.15, -0.1) is 0 Å². The van der Waals surface area contributed by atoms with Crippen LogP contribution in [0, 0.1) is 5.82 Å². The summed E-state index contributed by atoms with van der Waals surface area (Å²) in [6.07, 6.45) is 5.46. The Morgan fingerprint density at radius 1 is 1.29 bits per heavy atom. The normalized spacial score (nSPS) is 19.1. The summed E-state index contributed by atoms with van der Waals surface area (Å²) in [7, 11) is 0. The van der Waals surface area contributed by atoms with Crippen molar-refractivity contribution in [3.8, 4) is 0 Å². The number of nitrogens with zero attached hydrogens (tertiary/aromatic N) is 1. The number of benzene rings is 1. The van der Waals surface area contributed by atoms with Gasteiger partial charge >= 0.3 is 0 Å². The van der Waals surface area contributed by atoms with E-state index in [1.165, 1.54) is 18.9 Å². The van der Waals surface area contributed by atoms with Crippen molar-refractivity contribution in [1.82, 2.24) is 4.90 Å². The SMILES string of the molecule is CCN(CC)C1(C(N)Cc2ccc(Cl)c(F)c2)CCCC1. The highest BCUT2D eigenvalue weighted by atomic mass is 35.5. The fourth-order valence-electron chi connectivity index (χ4n) is 3.87. The van der Waals surface area contributed by atoms with E-state index in [-0.39, 0.29) is 22.4 Å². The molecule has 0 heterocycles. The molecule has 1 atom stereocenters. The van der Waals surface area contributed by atoms with E-state index in [1.54, 1.807) is 6.07 Å². The third-order valence-corrected chi connectivity index (χ3v) is 5.30. The van der Waals surface area contributed by atoms with Crippen molar-refractivity contribution in [2.24, 2.45) is 5.73 Å². The Hall–Kier alpha value is -0.640. The second-order valence-electron chi connectivity index (χ2n) is 6.04. The predicted molar refractivity (Wildman–Crippen MR) is 87.2 cm³/mol. The third-order valence-electron chi connectivity index (χ3n) is 4.99. The first kappa shape index (κ1) is 16.7. The predicted octanol–water partition coefficient (Wildman–Crippen LogP) is 4.00. The molecule has 0 saturated heterocycles.